The molecular weight excluding hydrogens is 400 g/mol. The van der Waals surface area contributed by atoms with Crippen LogP contribution in [-0.2, 0) is 0 Å². The molecule has 2 aromatic carbocycles. The lowest BCUT2D eigenvalue weighted by molar-refractivity contribution is 0.103. The Morgan fingerprint density at radius 1 is 1.08 bits per heavy atom. The van der Waals surface area contributed by atoms with Crippen LogP contribution in [0.4, 0.5) is 22.1 Å². The van der Waals surface area contributed by atoms with Crippen LogP contribution < -0.4 is 16.4 Å². The third-order valence-electron chi connectivity index (χ3n) is 3.40. The molecule has 0 fully saturated rings. The predicted octanol–water partition coefficient (Wildman–Crippen LogP) is 4.96. The number of nitrogens with one attached hydrogen (secondary N) is 2. The molecule has 0 saturated heterocycles. The maximum Gasteiger partial charge on any atom is 0.267 e. The number of carbonyl (C=O) groups excluding carboxylic acids is 1. The highest BCUT2D eigenvalue weighted by molar-refractivity contribution is 9.10. The van der Waals surface area contributed by atoms with Crippen LogP contribution in [0.3, 0.4) is 0 Å². The Labute approximate surface area is 157 Å². The maximum absolute atomic E-state index is 12.5. The first-order valence-electron chi connectivity index (χ1n) is 7.30. The van der Waals surface area contributed by atoms with Crippen LogP contribution in [0.5, 0.6) is 0 Å². The summed E-state index contributed by atoms with van der Waals surface area (Å²) in [6.45, 7) is 0. The van der Waals surface area contributed by atoms with Gasteiger partial charge in [0, 0.05) is 15.8 Å². The van der Waals surface area contributed by atoms with E-state index in [1.54, 1.807) is 12.1 Å². The fraction of sp³-hybridized carbons (Fsp3) is 0. The van der Waals surface area contributed by atoms with Crippen LogP contribution >= 0.6 is 27.3 Å². The highest BCUT2D eigenvalue weighted by Gasteiger charge is 2.21. The largest absolute Gasteiger partial charge is 0.396 e. The van der Waals surface area contributed by atoms with Crippen molar-refractivity contribution in [1.29, 1.82) is 5.26 Å². The molecule has 25 heavy (non-hydrogen) atoms. The third kappa shape index (κ3) is 3.82. The number of nitrogens with zero attached hydrogens (tertiary/aromatic N) is 1. The molecule has 0 aliphatic rings. The van der Waals surface area contributed by atoms with E-state index in [1.807, 2.05) is 42.5 Å². The summed E-state index contributed by atoms with van der Waals surface area (Å²) < 4.78 is 0.919. The van der Waals surface area contributed by atoms with E-state index in [2.05, 4.69) is 32.6 Å². The van der Waals surface area contributed by atoms with Crippen molar-refractivity contribution in [3.8, 4) is 6.07 Å². The van der Waals surface area contributed by atoms with E-state index in [-0.39, 0.29) is 17.2 Å². The molecule has 0 atom stereocenters. The fourth-order valence-electron chi connectivity index (χ4n) is 2.19. The number of amides is 1. The second kappa shape index (κ2) is 7.38. The van der Waals surface area contributed by atoms with Crippen LogP contribution in [0.1, 0.15) is 15.2 Å². The molecule has 4 N–H and O–H groups in total. The summed E-state index contributed by atoms with van der Waals surface area (Å²) in [4.78, 5) is 12.8. The standard InChI is InChI=1S/C18H13BrN4OS/c19-11-6-8-13(9-7-11)22-17(24)16-15(21)14(10-20)18(25-16)23-12-4-2-1-3-5-12/h1-9,23H,21H2,(H,22,24). The lowest BCUT2D eigenvalue weighted by Gasteiger charge is -2.04. The normalized spacial score (nSPS) is 10.1. The molecule has 0 aliphatic heterocycles. The van der Waals surface area contributed by atoms with Gasteiger partial charge in [-0.1, -0.05) is 34.1 Å². The average molecular weight is 413 g/mol. The fourth-order valence-corrected chi connectivity index (χ4v) is 3.44. The number of carbonyl (C=O) groups is 1. The predicted molar refractivity (Wildman–Crippen MR) is 105 cm³/mol. The Bertz CT molecular complexity index is 946. The van der Waals surface area contributed by atoms with E-state index in [0.29, 0.717) is 15.6 Å². The van der Waals surface area contributed by atoms with Gasteiger partial charge in [-0.25, -0.2) is 0 Å². The zero-order chi connectivity index (χ0) is 17.8. The number of thiophene rings is 1. The van der Waals surface area contributed by atoms with E-state index >= 15 is 0 Å². The lowest BCUT2D eigenvalue weighted by atomic mass is 10.2. The summed E-state index contributed by atoms with van der Waals surface area (Å²) in [6, 6.07) is 18.7. The topological polar surface area (TPSA) is 90.9 Å². The zero-order valence-corrected chi connectivity index (χ0v) is 15.3. The smallest absolute Gasteiger partial charge is 0.267 e. The van der Waals surface area contributed by atoms with Gasteiger partial charge in [0.2, 0.25) is 0 Å². The van der Waals surface area contributed by atoms with Gasteiger partial charge in [0.15, 0.2) is 0 Å². The van der Waals surface area contributed by atoms with Crippen molar-refractivity contribution in [1.82, 2.24) is 0 Å². The monoisotopic (exact) mass is 412 g/mol. The van der Waals surface area contributed by atoms with Crippen molar-refractivity contribution in [2.75, 3.05) is 16.4 Å². The molecule has 0 bridgehead atoms. The molecule has 5 nitrogen and oxygen atoms in total. The molecule has 3 aromatic rings. The van der Waals surface area contributed by atoms with E-state index in [9.17, 15) is 10.1 Å². The first-order chi connectivity index (χ1) is 12.1. The average Bonchev–Trinajstić information content (AvgIpc) is 2.93. The number of nitriles is 1. The number of hydrogen-bond acceptors (Lipinski definition) is 5. The second-order valence-electron chi connectivity index (χ2n) is 5.11. The number of anilines is 4. The Hall–Kier alpha value is -2.82. The highest BCUT2D eigenvalue weighted by Crippen LogP contribution is 2.37. The van der Waals surface area contributed by atoms with Crippen LogP contribution in [0.25, 0.3) is 0 Å². The first-order valence-corrected chi connectivity index (χ1v) is 8.91. The summed E-state index contributed by atoms with van der Waals surface area (Å²) in [5, 5.41) is 15.9. The van der Waals surface area contributed by atoms with E-state index in [1.165, 1.54) is 0 Å². The molecular formula is C18H13BrN4OS. The van der Waals surface area contributed by atoms with Gasteiger partial charge in [-0.05, 0) is 36.4 Å². The SMILES string of the molecule is N#Cc1c(Nc2ccccc2)sc(C(=O)Nc2ccc(Br)cc2)c1N. The summed E-state index contributed by atoms with van der Waals surface area (Å²) in [5.41, 5.74) is 7.95. The van der Waals surface area contributed by atoms with E-state index in [0.717, 1.165) is 21.5 Å². The summed E-state index contributed by atoms with van der Waals surface area (Å²) >= 11 is 4.50. The Morgan fingerprint density at radius 2 is 1.76 bits per heavy atom. The van der Waals surface area contributed by atoms with Crippen LogP contribution in [0, 0.1) is 11.3 Å². The number of para-hydroxylation sites is 1. The van der Waals surface area contributed by atoms with Gasteiger partial charge in [0.1, 0.15) is 21.5 Å². The van der Waals surface area contributed by atoms with Crippen LogP contribution in [0.15, 0.2) is 59.1 Å². The third-order valence-corrected chi connectivity index (χ3v) is 5.05. The first kappa shape index (κ1) is 17.0. The van der Waals surface area contributed by atoms with Crippen molar-refractivity contribution in [2.24, 2.45) is 0 Å². The summed E-state index contributed by atoms with van der Waals surface area (Å²) in [6.07, 6.45) is 0. The van der Waals surface area contributed by atoms with E-state index < -0.39 is 0 Å². The number of nitrogens with two attached hydrogens (primary N) is 1. The maximum atomic E-state index is 12.5. The Balaban J connectivity index is 1.87. The minimum absolute atomic E-state index is 0.181. The van der Waals surface area contributed by atoms with E-state index in [4.69, 9.17) is 5.73 Å². The quantitative estimate of drug-likeness (QED) is 0.564. The Morgan fingerprint density at radius 3 is 2.40 bits per heavy atom. The van der Waals surface area contributed by atoms with Gasteiger partial charge in [-0.3, -0.25) is 4.79 Å². The van der Waals surface area contributed by atoms with Gasteiger partial charge in [0.25, 0.3) is 5.91 Å². The van der Waals surface area contributed by atoms with Crippen molar-refractivity contribution in [2.45, 2.75) is 0 Å². The number of rotatable bonds is 4. The molecule has 3 rings (SSSR count). The van der Waals surface area contributed by atoms with Crippen molar-refractivity contribution in [3.05, 3.63) is 69.5 Å². The van der Waals surface area contributed by atoms with Gasteiger partial charge >= 0.3 is 0 Å². The minimum atomic E-state index is -0.345. The molecule has 1 aromatic heterocycles. The molecule has 0 spiro atoms. The van der Waals surface area contributed by atoms with Crippen molar-refractivity contribution < 1.29 is 4.79 Å². The molecule has 1 amide bonds. The number of nitrogen functional groups attached to an aromatic ring is 1. The number of halogens is 1. The zero-order valence-electron chi connectivity index (χ0n) is 12.9. The van der Waals surface area contributed by atoms with Crippen LogP contribution in [-0.4, -0.2) is 5.91 Å². The second-order valence-corrected chi connectivity index (χ2v) is 7.05. The molecule has 7 heteroatoms. The minimum Gasteiger partial charge on any atom is -0.396 e. The molecule has 0 radical (unpaired) electrons. The van der Waals surface area contributed by atoms with Crippen LogP contribution in [0.2, 0.25) is 0 Å². The number of benzene rings is 2. The molecule has 124 valence electrons. The highest BCUT2D eigenvalue weighted by atomic mass is 79.9. The molecule has 0 saturated carbocycles. The molecule has 0 unspecified atom stereocenters. The Kier molecular flexibility index (Phi) is 5.03. The molecule has 1 heterocycles. The van der Waals surface area contributed by atoms with Crippen molar-refractivity contribution >= 4 is 55.2 Å². The lowest BCUT2D eigenvalue weighted by Crippen LogP contribution is -2.12. The van der Waals surface area contributed by atoms with Gasteiger partial charge in [-0.15, -0.1) is 11.3 Å². The van der Waals surface area contributed by atoms with Gasteiger partial charge < -0.3 is 16.4 Å². The summed E-state index contributed by atoms with van der Waals surface area (Å²) in [5.74, 6) is -0.345. The molecule has 0 aliphatic carbocycles. The van der Waals surface area contributed by atoms with Gasteiger partial charge in [0.05, 0.1) is 5.69 Å². The number of hydrogen-bond donors (Lipinski definition) is 3. The summed E-state index contributed by atoms with van der Waals surface area (Å²) in [7, 11) is 0. The van der Waals surface area contributed by atoms with Crippen molar-refractivity contribution in [3.63, 3.8) is 0 Å². The van der Waals surface area contributed by atoms with Gasteiger partial charge in [-0.2, -0.15) is 5.26 Å².